The fraction of sp³-hybridized carbons (Fsp3) is 0.667. The number of aromatic nitrogens is 1. The van der Waals surface area contributed by atoms with Crippen molar-refractivity contribution >= 4 is 21.8 Å². The van der Waals surface area contributed by atoms with Gasteiger partial charge in [-0.2, -0.15) is 11.8 Å². The maximum absolute atomic E-state index is 12.2. The van der Waals surface area contributed by atoms with E-state index < -0.39 is 10.0 Å². The Bertz CT molecular complexity index is 566. The third kappa shape index (κ3) is 4.01. The molecule has 1 aromatic heterocycles. The van der Waals surface area contributed by atoms with Crippen LogP contribution in [0.3, 0.4) is 0 Å². The molecule has 0 aliphatic carbocycles. The number of rotatable bonds is 5. The van der Waals surface area contributed by atoms with Gasteiger partial charge in [-0.15, -0.1) is 0 Å². The van der Waals surface area contributed by atoms with E-state index in [1.165, 1.54) is 24.1 Å². The zero-order chi connectivity index (χ0) is 15.4. The van der Waals surface area contributed by atoms with Crippen LogP contribution in [0.15, 0.2) is 29.4 Å². The summed E-state index contributed by atoms with van der Waals surface area (Å²) in [6.07, 6.45) is 6.44. The Morgan fingerprint density at radius 1 is 1.32 bits per heavy atom. The first kappa shape index (κ1) is 16.2. The summed E-state index contributed by atoms with van der Waals surface area (Å²) in [6.45, 7) is 2.74. The standard InChI is InChI=1S/C15H23N3O2S2/c19-22(20,15-2-1-6-16-11-15)17-10-13-3-7-18(8-4-13)14-5-9-21-12-14/h1-2,6,11,13-14,17H,3-5,7-10,12H2. The van der Waals surface area contributed by atoms with Gasteiger partial charge in [0.2, 0.25) is 10.0 Å². The molecular formula is C15H23N3O2S2. The van der Waals surface area contributed by atoms with E-state index in [-0.39, 0.29) is 4.90 Å². The number of piperidine rings is 1. The van der Waals surface area contributed by atoms with Crippen molar-refractivity contribution < 1.29 is 8.42 Å². The van der Waals surface area contributed by atoms with E-state index in [0.29, 0.717) is 12.5 Å². The fourth-order valence-electron chi connectivity index (χ4n) is 3.15. The molecule has 122 valence electrons. The van der Waals surface area contributed by atoms with Crippen molar-refractivity contribution in [3.63, 3.8) is 0 Å². The summed E-state index contributed by atoms with van der Waals surface area (Å²) in [7, 11) is -3.42. The predicted molar refractivity (Wildman–Crippen MR) is 89.5 cm³/mol. The van der Waals surface area contributed by atoms with Crippen LogP contribution in [0.4, 0.5) is 0 Å². The molecular weight excluding hydrogens is 318 g/mol. The second kappa shape index (κ2) is 7.29. The highest BCUT2D eigenvalue weighted by Crippen LogP contribution is 2.26. The molecule has 22 heavy (non-hydrogen) atoms. The number of hydrogen-bond donors (Lipinski definition) is 1. The van der Waals surface area contributed by atoms with Crippen LogP contribution in [0.1, 0.15) is 19.3 Å². The van der Waals surface area contributed by atoms with Crippen LogP contribution in [0.25, 0.3) is 0 Å². The molecule has 0 spiro atoms. The average molecular weight is 342 g/mol. The Morgan fingerprint density at radius 2 is 2.14 bits per heavy atom. The Morgan fingerprint density at radius 3 is 2.77 bits per heavy atom. The van der Waals surface area contributed by atoms with E-state index in [4.69, 9.17) is 0 Å². The molecule has 7 heteroatoms. The molecule has 0 radical (unpaired) electrons. The smallest absolute Gasteiger partial charge is 0.242 e. The first-order chi connectivity index (χ1) is 10.6. The number of nitrogens with one attached hydrogen (secondary N) is 1. The molecule has 0 aromatic carbocycles. The van der Waals surface area contributed by atoms with Gasteiger partial charge in [0.25, 0.3) is 0 Å². The fourth-order valence-corrected chi connectivity index (χ4v) is 5.48. The van der Waals surface area contributed by atoms with Crippen LogP contribution < -0.4 is 4.72 Å². The predicted octanol–water partition coefficient (Wildman–Crippen LogP) is 1.58. The molecule has 1 N–H and O–H groups in total. The Kier molecular flexibility index (Phi) is 5.38. The monoisotopic (exact) mass is 341 g/mol. The summed E-state index contributed by atoms with van der Waals surface area (Å²) in [4.78, 5) is 6.71. The van der Waals surface area contributed by atoms with E-state index in [9.17, 15) is 8.42 Å². The zero-order valence-corrected chi connectivity index (χ0v) is 14.3. The van der Waals surface area contributed by atoms with Crippen LogP contribution in [0.2, 0.25) is 0 Å². The van der Waals surface area contributed by atoms with Gasteiger partial charge >= 0.3 is 0 Å². The molecule has 0 bridgehead atoms. The first-order valence-electron chi connectivity index (χ1n) is 7.86. The van der Waals surface area contributed by atoms with Crippen LogP contribution >= 0.6 is 11.8 Å². The van der Waals surface area contributed by atoms with Gasteiger partial charge in [0.1, 0.15) is 4.90 Å². The highest BCUT2D eigenvalue weighted by molar-refractivity contribution is 7.99. The van der Waals surface area contributed by atoms with E-state index >= 15 is 0 Å². The summed E-state index contributed by atoms with van der Waals surface area (Å²) >= 11 is 2.05. The second-order valence-corrected chi connectivity index (χ2v) is 8.95. The van der Waals surface area contributed by atoms with Gasteiger partial charge in [0, 0.05) is 30.7 Å². The molecule has 5 nitrogen and oxygen atoms in total. The minimum absolute atomic E-state index is 0.246. The quantitative estimate of drug-likeness (QED) is 0.881. The molecule has 1 unspecified atom stereocenters. The molecule has 0 amide bonds. The number of nitrogens with zero attached hydrogens (tertiary/aromatic N) is 2. The molecule has 2 saturated heterocycles. The SMILES string of the molecule is O=S(=O)(NCC1CCN(C2CCSC2)CC1)c1cccnc1. The normalized spacial score (nSPS) is 24.6. The van der Waals surface area contributed by atoms with Crippen molar-refractivity contribution in [3.8, 4) is 0 Å². The van der Waals surface area contributed by atoms with Crippen molar-refractivity contribution in [2.75, 3.05) is 31.1 Å². The van der Waals surface area contributed by atoms with E-state index in [1.807, 2.05) is 11.8 Å². The molecule has 2 aliphatic rings. The van der Waals surface area contributed by atoms with Crippen molar-refractivity contribution in [2.24, 2.45) is 5.92 Å². The van der Waals surface area contributed by atoms with E-state index in [1.54, 1.807) is 18.3 Å². The maximum Gasteiger partial charge on any atom is 0.242 e. The summed E-state index contributed by atoms with van der Waals surface area (Å²) in [5.74, 6) is 2.99. The number of sulfonamides is 1. The van der Waals surface area contributed by atoms with Gasteiger partial charge in [0.05, 0.1) is 0 Å². The van der Waals surface area contributed by atoms with Crippen molar-refractivity contribution in [1.82, 2.24) is 14.6 Å². The summed E-state index contributed by atoms with van der Waals surface area (Å²) in [5, 5.41) is 0. The molecule has 1 atom stereocenters. The lowest BCUT2D eigenvalue weighted by Gasteiger charge is -2.35. The Labute approximate surface area is 136 Å². The van der Waals surface area contributed by atoms with Gasteiger partial charge < -0.3 is 0 Å². The van der Waals surface area contributed by atoms with Gasteiger partial charge in [-0.05, 0) is 56.2 Å². The third-order valence-corrected chi connectivity index (χ3v) is 7.13. The number of thioether (sulfide) groups is 1. The van der Waals surface area contributed by atoms with Crippen molar-refractivity contribution in [2.45, 2.75) is 30.2 Å². The lowest BCUT2D eigenvalue weighted by molar-refractivity contribution is 0.145. The minimum atomic E-state index is -3.42. The minimum Gasteiger partial charge on any atom is -0.300 e. The van der Waals surface area contributed by atoms with Crippen LogP contribution in [0.5, 0.6) is 0 Å². The zero-order valence-electron chi connectivity index (χ0n) is 12.6. The first-order valence-corrected chi connectivity index (χ1v) is 10.5. The Hall–Kier alpha value is -0.630. The summed E-state index contributed by atoms with van der Waals surface area (Å²) in [5.41, 5.74) is 0. The number of hydrogen-bond acceptors (Lipinski definition) is 5. The van der Waals surface area contributed by atoms with Gasteiger partial charge in [-0.25, -0.2) is 13.1 Å². The lowest BCUT2D eigenvalue weighted by atomic mass is 9.96. The molecule has 2 fully saturated rings. The molecule has 1 aromatic rings. The van der Waals surface area contributed by atoms with Gasteiger partial charge in [0.15, 0.2) is 0 Å². The molecule has 3 rings (SSSR count). The number of likely N-dealkylation sites (tertiary alicyclic amines) is 1. The molecule has 2 aliphatic heterocycles. The van der Waals surface area contributed by atoms with Crippen molar-refractivity contribution in [1.29, 1.82) is 0 Å². The van der Waals surface area contributed by atoms with Crippen molar-refractivity contribution in [3.05, 3.63) is 24.5 Å². The molecule has 3 heterocycles. The largest absolute Gasteiger partial charge is 0.300 e. The summed E-state index contributed by atoms with van der Waals surface area (Å²) in [6, 6.07) is 3.97. The van der Waals surface area contributed by atoms with Crippen LogP contribution in [-0.4, -0.2) is 55.5 Å². The highest BCUT2D eigenvalue weighted by Gasteiger charge is 2.28. The van der Waals surface area contributed by atoms with Gasteiger partial charge in [-0.1, -0.05) is 0 Å². The highest BCUT2D eigenvalue weighted by atomic mass is 32.2. The summed E-state index contributed by atoms with van der Waals surface area (Å²) < 4.78 is 27.1. The topological polar surface area (TPSA) is 62.3 Å². The second-order valence-electron chi connectivity index (χ2n) is 6.04. The van der Waals surface area contributed by atoms with Crippen LogP contribution in [-0.2, 0) is 10.0 Å². The average Bonchev–Trinajstić information content (AvgIpc) is 3.09. The lowest BCUT2D eigenvalue weighted by Crippen LogP contribution is -2.43. The van der Waals surface area contributed by atoms with Gasteiger partial charge in [-0.3, -0.25) is 9.88 Å². The maximum atomic E-state index is 12.2. The molecule has 0 saturated carbocycles. The van der Waals surface area contributed by atoms with E-state index in [2.05, 4.69) is 14.6 Å². The Balaban J connectivity index is 1.47. The number of pyridine rings is 1. The van der Waals surface area contributed by atoms with E-state index in [0.717, 1.165) is 32.0 Å². The third-order valence-electron chi connectivity index (χ3n) is 4.58. The van der Waals surface area contributed by atoms with Crippen LogP contribution in [0, 0.1) is 5.92 Å².